The Morgan fingerprint density at radius 1 is 1.17 bits per heavy atom. The van der Waals surface area contributed by atoms with Crippen molar-refractivity contribution < 1.29 is 14.3 Å². The number of nitrogens with zero attached hydrogens (tertiary/aromatic N) is 3. The van der Waals surface area contributed by atoms with Crippen LogP contribution >= 0.6 is 0 Å². The molecule has 1 aromatic heterocycles. The molecule has 3 aromatic rings. The van der Waals surface area contributed by atoms with Crippen molar-refractivity contribution in [2.24, 2.45) is 5.92 Å². The Labute approximate surface area is 169 Å². The highest BCUT2D eigenvalue weighted by Crippen LogP contribution is 2.27. The lowest BCUT2D eigenvalue weighted by molar-refractivity contribution is -0.143. The van der Waals surface area contributed by atoms with Crippen molar-refractivity contribution in [3.8, 4) is 16.9 Å². The zero-order valence-electron chi connectivity index (χ0n) is 16.4. The molecule has 2 heterocycles. The van der Waals surface area contributed by atoms with E-state index in [1.807, 2.05) is 42.1 Å². The highest BCUT2D eigenvalue weighted by Gasteiger charge is 2.26. The first-order chi connectivity index (χ1) is 14.0. The third-order valence-corrected chi connectivity index (χ3v) is 5.45. The van der Waals surface area contributed by atoms with Gasteiger partial charge >= 0.3 is 5.97 Å². The van der Waals surface area contributed by atoms with Gasteiger partial charge in [-0.05, 0) is 62.7 Å². The lowest BCUT2D eigenvalue weighted by atomic mass is 9.97. The number of hydrogen-bond donors (Lipinski definition) is 1. The van der Waals surface area contributed by atoms with Gasteiger partial charge in [0.1, 0.15) is 5.82 Å². The summed E-state index contributed by atoms with van der Waals surface area (Å²) in [5, 5.41) is 14.2. The van der Waals surface area contributed by atoms with Crippen LogP contribution < -0.4 is 0 Å². The van der Waals surface area contributed by atoms with Gasteiger partial charge in [0, 0.05) is 30.4 Å². The van der Waals surface area contributed by atoms with E-state index >= 15 is 0 Å². The second kappa shape index (κ2) is 8.17. The lowest BCUT2D eigenvalue weighted by Gasteiger charge is -2.30. The van der Waals surface area contributed by atoms with Gasteiger partial charge in [-0.15, -0.1) is 0 Å². The Morgan fingerprint density at radius 3 is 2.59 bits per heavy atom. The lowest BCUT2D eigenvalue weighted by Crippen LogP contribution is -2.38. The average molecular weight is 393 g/mol. The Kier molecular flexibility index (Phi) is 5.45. The number of likely N-dealkylation sites (tertiary alicyclic amines) is 1. The van der Waals surface area contributed by atoms with Crippen LogP contribution in [0.2, 0.25) is 0 Å². The maximum absolute atomic E-state index is 13.4. The predicted molar refractivity (Wildman–Crippen MR) is 109 cm³/mol. The van der Waals surface area contributed by atoms with E-state index in [1.54, 1.807) is 12.1 Å². The first-order valence-electron chi connectivity index (χ1n) is 9.86. The van der Waals surface area contributed by atoms with Gasteiger partial charge in [-0.1, -0.05) is 17.7 Å². The number of halogens is 1. The first kappa shape index (κ1) is 19.3. The van der Waals surface area contributed by atoms with E-state index in [-0.39, 0.29) is 11.7 Å². The van der Waals surface area contributed by atoms with Crippen LogP contribution in [0.4, 0.5) is 4.39 Å². The van der Waals surface area contributed by atoms with Crippen molar-refractivity contribution in [1.82, 2.24) is 14.7 Å². The molecule has 4 rings (SSSR count). The van der Waals surface area contributed by atoms with E-state index in [0.29, 0.717) is 13.1 Å². The number of hydrogen-bond acceptors (Lipinski definition) is 3. The van der Waals surface area contributed by atoms with Crippen LogP contribution in [0.15, 0.2) is 54.7 Å². The zero-order valence-corrected chi connectivity index (χ0v) is 16.4. The number of carbonyl (C=O) groups is 1. The molecule has 6 heteroatoms. The average Bonchev–Trinajstić information content (AvgIpc) is 3.13. The largest absolute Gasteiger partial charge is 0.481 e. The molecule has 0 aliphatic carbocycles. The van der Waals surface area contributed by atoms with Gasteiger partial charge in [0.15, 0.2) is 0 Å². The highest BCUT2D eigenvalue weighted by molar-refractivity contribution is 5.70. The summed E-state index contributed by atoms with van der Waals surface area (Å²) in [6.07, 6.45) is 3.59. The van der Waals surface area contributed by atoms with Gasteiger partial charge < -0.3 is 5.11 Å². The minimum absolute atomic E-state index is 0.284. The SMILES string of the molecule is Cc1ccc(-n2cc(CN3CCCC(C(=O)O)C3)c(-c3ccc(F)cc3)n2)cc1. The van der Waals surface area contributed by atoms with Crippen molar-refractivity contribution in [3.63, 3.8) is 0 Å². The van der Waals surface area contributed by atoms with Crippen LogP contribution in [0.3, 0.4) is 0 Å². The molecule has 0 spiro atoms. The van der Waals surface area contributed by atoms with Crippen molar-refractivity contribution >= 4 is 5.97 Å². The van der Waals surface area contributed by atoms with E-state index in [9.17, 15) is 14.3 Å². The smallest absolute Gasteiger partial charge is 0.307 e. The maximum atomic E-state index is 13.4. The van der Waals surface area contributed by atoms with E-state index in [2.05, 4.69) is 4.90 Å². The number of carboxylic acids is 1. The van der Waals surface area contributed by atoms with Crippen LogP contribution in [0.5, 0.6) is 0 Å². The van der Waals surface area contributed by atoms with Gasteiger partial charge in [0.2, 0.25) is 0 Å². The van der Waals surface area contributed by atoms with Gasteiger partial charge in [-0.2, -0.15) is 5.10 Å². The molecule has 1 unspecified atom stereocenters. The molecule has 1 aliphatic rings. The molecule has 1 fully saturated rings. The van der Waals surface area contributed by atoms with Crippen LogP contribution in [-0.2, 0) is 11.3 Å². The Bertz CT molecular complexity index is 996. The Balaban J connectivity index is 1.67. The van der Waals surface area contributed by atoms with Gasteiger partial charge in [-0.3, -0.25) is 9.69 Å². The standard InChI is InChI=1S/C23H24FN3O2/c1-16-4-10-21(11-5-16)27-15-19(14-26-12-2-3-18(13-26)23(28)29)22(25-27)17-6-8-20(24)9-7-17/h4-11,15,18H,2-3,12-14H2,1H3,(H,28,29). The minimum Gasteiger partial charge on any atom is -0.481 e. The number of benzene rings is 2. The Morgan fingerprint density at radius 2 is 1.90 bits per heavy atom. The van der Waals surface area contributed by atoms with Gasteiger partial charge in [-0.25, -0.2) is 9.07 Å². The third kappa shape index (κ3) is 4.38. The molecule has 1 atom stereocenters. The van der Waals surface area contributed by atoms with Crippen LogP contribution in [0.1, 0.15) is 24.0 Å². The maximum Gasteiger partial charge on any atom is 0.307 e. The minimum atomic E-state index is -0.733. The first-order valence-corrected chi connectivity index (χ1v) is 9.86. The van der Waals surface area contributed by atoms with Crippen LogP contribution in [0, 0.1) is 18.7 Å². The molecule has 2 aromatic carbocycles. The fraction of sp³-hybridized carbons (Fsp3) is 0.304. The molecule has 0 bridgehead atoms. The molecule has 0 radical (unpaired) electrons. The van der Waals surface area contributed by atoms with Crippen molar-refractivity contribution in [2.45, 2.75) is 26.3 Å². The summed E-state index contributed by atoms with van der Waals surface area (Å²) >= 11 is 0. The number of rotatable bonds is 5. The number of aliphatic carboxylic acids is 1. The van der Waals surface area contributed by atoms with Crippen LogP contribution in [-0.4, -0.2) is 38.8 Å². The van der Waals surface area contributed by atoms with Crippen molar-refractivity contribution in [1.29, 1.82) is 0 Å². The zero-order chi connectivity index (χ0) is 20.4. The molecule has 1 N–H and O–H groups in total. The van der Waals surface area contributed by atoms with E-state index in [0.717, 1.165) is 41.9 Å². The van der Waals surface area contributed by atoms with E-state index in [1.165, 1.54) is 17.7 Å². The summed E-state index contributed by atoms with van der Waals surface area (Å²) in [4.78, 5) is 13.6. The normalized spacial score (nSPS) is 17.4. The molecule has 1 saturated heterocycles. The molecule has 0 saturated carbocycles. The quantitative estimate of drug-likeness (QED) is 0.703. The second-order valence-electron chi connectivity index (χ2n) is 7.70. The fourth-order valence-electron chi connectivity index (χ4n) is 3.85. The molecule has 1 aliphatic heterocycles. The summed E-state index contributed by atoms with van der Waals surface area (Å²) < 4.78 is 15.3. The topological polar surface area (TPSA) is 58.4 Å². The van der Waals surface area contributed by atoms with Gasteiger partial charge in [0.25, 0.3) is 0 Å². The molecule has 0 amide bonds. The monoisotopic (exact) mass is 393 g/mol. The summed E-state index contributed by atoms with van der Waals surface area (Å²) in [5.41, 5.74) is 4.77. The summed E-state index contributed by atoms with van der Waals surface area (Å²) in [6, 6.07) is 14.4. The van der Waals surface area contributed by atoms with Crippen molar-refractivity contribution in [2.75, 3.05) is 13.1 Å². The predicted octanol–water partition coefficient (Wildman–Crippen LogP) is 4.28. The summed E-state index contributed by atoms with van der Waals surface area (Å²) in [5.74, 6) is -1.34. The highest BCUT2D eigenvalue weighted by atomic mass is 19.1. The molecule has 5 nitrogen and oxygen atoms in total. The number of carboxylic acid groups (broad SMARTS) is 1. The summed E-state index contributed by atoms with van der Waals surface area (Å²) in [7, 11) is 0. The molecule has 150 valence electrons. The van der Waals surface area contributed by atoms with Crippen LogP contribution in [0.25, 0.3) is 16.9 Å². The van der Waals surface area contributed by atoms with Gasteiger partial charge in [0.05, 0.1) is 17.3 Å². The Hall–Kier alpha value is -2.99. The third-order valence-electron chi connectivity index (χ3n) is 5.45. The van der Waals surface area contributed by atoms with E-state index in [4.69, 9.17) is 5.10 Å². The van der Waals surface area contributed by atoms with Crippen molar-refractivity contribution in [3.05, 3.63) is 71.7 Å². The molecular weight excluding hydrogens is 369 g/mol. The number of aromatic nitrogens is 2. The second-order valence-corrected chi connectivity index (χ2v) is 7.70. The fourth-order valence-corrected chi connectivity index (χ4v) is 3.85. The number of aryl methyl sites for hydroxylation is 1. The number of piperidine rings is 1. The summed E-state index contributed by atoms with van der Waals surface area (Å²) in [6.45, 7) is 4.05. The molecular formula is C23H24FN3O2. The van der Waals surface area contributed by atoms with E-state index < -0.39 is 5.97 Å². The molecule has 29 heavy (non-hydrogen) atoms.